The Morgan fingerprint density at radius 3 is 2.56 bits per heavy atom. The number of nitrogens with one attached hydrogen (secondary N) is 1. The number of carbonyl (C=O) groups is 2. The summed E-state index contributed by atoms with van der Waals surface area (Å²) in [7, 11) is -3.27. The first-order chi connectivity index (χ1) is 12.7. The normalized spacial score (nSPS) is 21.3. The summed E-state index contributed by atoms with van der Waals surface area (Å²) in [6.07, 6.45) is 0.594. The summed E-state index contributed by atoms with van der Waals surface area (Å²) in [5.41, 5.74) is 1.77. The molecule has 1 aromatic rings. The summed E-state index contributed by atoms with van der Waals surface area (Å²) >= 11 is 0. The summed E-state index contributed by atoms with van der Waals surface area (Å²) in [5, 5.41) is 2.86. The summed E-state index contributed by atoms with van der Waals surface area (Å²) in [4.78, 5) is 27.8. The van der Waals surface area contributed by atoms with E-state index in [9.17, 15) is 18.0 Å². The molecule has 9 heteroatoms. The molecule has 27 heavy (non-hydrogen) atoms. The number of ether oxygens (including phenoxy) is 1. The van der Waals surface area contributed by atoms with Crippen molar-refractivity contribution in [3.8, 4) is 5.75 Å². The Hall–Kier alpha value is -1.97. The van der Waals surface area contributed by atoms with Crippen LogP contribution in [0.1, 0.15) is 12.5 Å². The van der Waals surface area contributed by atoms with Gasteiger partial charge in [0.1, 0.15) is 11.5 Å². The maximum absolute atomic E-state index is 11.8. The molecular formula is C18H25N3O5S. The average molecular weight is 395 g/mol. The van der Waals surface area contributed by atoms with Crippen LogP contribution in [0, 0.1) is 0 Å². The lowest BCUT2D eigenvalue weighted by molar-refractivity contribution is -0.122. The molecule has 148 valence electrons. The van der Waals surface area contributed by atoms with E-state index >= 15 is 0 Å². The zero-order valence-corrected chi connectivity index (χ0v) is 16.4. The van der Waals surface area contributed by atoms with E-state index in [0.717, 1.165) is 44.5 Å². The molecule has 2 aliphatic heterocycles. The highest BCUT2D eigenvalue weighted by Crippen LogP contribution is 2.30. The Labute approximate surface area is 159 Å². The van der Waals surface area contributed by atoms with Crippen molar-refractivity contribution in [2.45, 2.75) is 19.6 Å². The lowest BCUT2D eigenvalue weighted by Crippen LogP contribution is -2.48. The number of sulfone groups is 1. The van der Waals surface area contributed by atoms with Crippen molar-refractivity contribution < 1.29 is 22.7 Å². The van der Waals surface area contributed by atoms with Gasteiger partial charge in [-0.15, -0.1) is 0 Å². The van der Waals surface area contributed by atoms with E-state index in [0.29, 0.717) is 11.4 Å². The van der Waals surface area contributed by atoms with Gasteiger partial charge in [0, 0.05) is 39.0 Å². The highest BCUT2D eigenvalue weighted by molar-refractivity contribution is 7.91. The molecule has 0 radical (unpaired) electrons. The van der Waals surface area contributed by atoms with Gasteiger partial charge in [-0.1, -0.05) is 6.07 Å². The second kappa shape index (κ2) is 7.95. The van der Waals surface area contributed by atoms with Crippen LogP contribution in [0.4, 0.5) is 5.69 Å². The quantitative estimate of drug-likeness (QED) is 0.732. The van der Waals surface area contributed by atoms with Gasteiger partial charge < -0.3 is 10.1 Å². The Balaban J connectivity index is 1.50. The van der Waals surface area contributed by atoms with Gasteiger partial charge in [-0.3, -0.25) is 19.4 Å². The zero-order chi connectivity index (χ0) is 19.6. The Kier molecular flexibility index (Phi) is 5.83. The number of Topliss-reactive ketones (excluding diaryl/α,β-unsaturated/α-hetero) is 1. The number of hydrogen-bond donors (Lipinski definition) is 1. The van der Waals surface area contributed by atoms with Gasteiger partial charge in [0.25, 0.3) is 5.91 Å². The van der Waals surface area contributed by atoms with Gasteiger partial charge in [0.2, 0.25) is 0 Å². The molecule has 0 saturated carbocycles. The summed E-state index contributed by atoms with van der Waals surface area (Å²) < 4.78 is 28.0. The standard InChI is InChI=1S/C18H25N3O5S/c1-13-18(23)19-16-9-14(3-4-17(16)26-13)10-20-5-7-21(8-6-20)11-15(22)12-27(2,24)25/h3-4,9,13H,5-8,10-12H2,1-2H3,(H,19,23). The van der Waals surface area contributed by atoms with Crippen molar-refractivity contribution in [3.63, 3.8) is 0 Å². The molecule has 0 aliphatic carbocycles. The van der Waals surface area contributed by atoms with Crippen LogP contribution in [0.15, 0.2) is 18.2 Å². The summed E-state index contributed by atoms with van der Waals surface area (Å²) in [5.74, 6) is -0.118. The Bertz CT molecular complexity index is 831. The number of anilines is 1. The molecule has 1 fully saturated rings. The smallest absolute Gasteiger partial charge is 0.265 e. The molecule has 2 aliphatic rings. The van der Waals surface area contributed by atoms with Crippen molar-refractivity contribution in [1.82, 2.24) is 9.80 Å². The first-order valence-corrected chi connectivity index (χ1v) is 11.0. The molecule has 0 aromatic heterocycles. The maximum atomic E-state index is 11.8. The molecule has 1 unspecified atom stereocenters. The fraction of sp³-hybridized carbons (Fsp3) is 0.556. The predicted octanol–water partition coefficient (Wildman–Crippen LogP) is 0.137. The van der Waals surface area contributed by atoms with E-state index in [-0.39, 0.29) is 18.2 Å². The van der Waals surface area contributed by atoms with Crippen molar-refractivity contribution in [1.29, 1.82) is 0 Å². The largest absolute Gasteiger partial charge is 0.479 e. The van der Waals surface area contributed by atoms with E-state index in [4.69, 9.17) is 4.74 Å². The third-order valence-electron chi connectivity index (χ3n) is 4.67. The second-order valence-electron chi connectivity index (χ2n) is 7.24. The molecular weight excluding hydrogens is 370 g/mol. The minimum atomic E-state index is -3.27. The van der Waals surface area contributed by atoms with Crippen molar-refractivity contribution in [2.24, 2.45) is 0 Å². The number of carbonyl (C=O) groups excluding carboxylic acids is 2. The molecule has 1 atom stereocenters. The second-order valence-corrected chi connectivity index (χ2v) is 9.38. The Morgan fingerprint density at radius 2 is 1.89 bits per heavy atom. The van der Waals surface area contributed by atoms with Crippen LogP contribution in [-0.4, -0.2) is 80.7 Å². The average Bonchev–Trinajstić information content (AvgIpc) is 2.56. The third kappa shape index (κ3) is 5.50. The SMILES string of the molecule is CC1Oc2ccc(CN3CCN(CC(=O)CS(C)(=O)=O)CC3)cc2NC1=O. The number of nitrogens with zero attached hydrogens (tertiary/aromatic N) is 2. The van der Waals surface area contributed by atoms with E-state index in [1.807, 2.05) is 23.1 Å². The molecule has 0 bridgehead atoms. The van der Waals surface area contributed by atoms with Gasteiger partial charge in [0.15, 0.2) is 21.7 Å². The lowest BCUT2D eigenvalue weighted by Gasteiger charge is -2.34. The number of fused-ring (bicyclic) bond motifs is 1. The highest BCUT2D eigenvalue weighted by atomic mass is 32.2. The van der Waals surface area contributed by atoms with E-state index in [1.165, 1.54) is 0 Å². The minimum Gasteiger partial charge on any atom is -0.479 e. The first-order valence-electron chi connectivity index (χ1n) is 8.94. The van der Waals surface area contributed by atoms with Crippen molar-refractivity contribution in [2.75, 3.05) is 50.0 Å². The number of ketones is 1. The van der Waals surface area contributed by atoms with Crippen LogP contribution in [0.2, 0.25) is 0 Å². The van der Waals surface area contributed by atoms with E-state index < -0.39 is 21.7 Å². The van der Waals surface area contributed by atoms with Gasteiger partial charge >= 0.3 is 0 Å². The minimum absolute atomic E-state index is 0.146. The third-order valence-corrected chi connectivity index (χ3v) is 5.52. The molecule has 1 saturated heterocycles. The number of rotatable bonds is 6. The fourth-order valence-electron chi connectivity index (χ4n) is 3.31. The fourth-order valence-corrected chi connectivity index (χ4v) is 3.98. The molecule has 1 N–H and O–H groups in total. The van der Waals surface area contributed by atoms with Crippen LogP contribution in [0.5, 0.6) is 5.75 Å². The van der Waals surface area contributed by atoms with Gasteiger partial charge in [-0.05, 0) is 24.6 Å². The number of hydrogen-bond acceptors (Lipinski definition) is 7. The van der Waals surface area contributed by atoms with Crippen LogP contribution in [-0.2, 0) is 26.0 Å². The Morgan fingerprint density at radius 1 is 1.22 bits per heavy atom. The molecule has 0 spiro atoms. The van der Waals surface area contributed by atoms with Crippen molar-refractivity contribution in [3.05, 3.63) is 23.8 Å². The van der Waals surface area contributed by atoms with Crippen LogP contribution in [0.3, 0.4) is 0 Å². The van der Waals surface area contributed by atoms with Gasteiger partial charge in [0.05, 0.1) is 12.2 Å². The summed E-state index contributed by atoms with van der Waals surface area (Å²) in [6, 6.07) is 5.80. The van der Waals surface area contributed by atoms with Gasteiger partial charge in [-0.2, -0.15) is 0 Å². The molecule has 1 aromatic carbocycles. The summed E-state index contributed by atoms with van der Waals surface area (Å²) in [6.45, 7) is 5.67. The topological polar surface area (TPSA) is 96.0 Å². The van der Waals surface area contributed by atoms with Crippen LogP contribution >= 0.6 is 0 Å². The molecule has 2 heterocycles. The van der Waals surface area contributed by atoms with Crippen LogP contribution in [0.25, 0.3) is 0 Å². The van der Waals surface area contributed by atoms with Crippen molar-refractivity contribution >= 4 is 27.2 Å². The van der Waals surface area contributed by atoms with Crippen LogP contribution < -0.4 is 10.1 Å². The maximum Gasteiger partial charge on any atom is 0.265 e. The monoisotopic (exact) mass is 395 g/mol. The number of benzene rings is 1. The zero-order valence-electron chi connectivity index (χ0n) is 15.6. The number of amides is 1. The van der Waals surface area contributed by atoms with E-state index in [2.05, 4.69) is 10.2 Å². The molecule has 3 rings (SSSR count). The number of piperazine rings is 1. The molecule has 8 nitrogen and oxygen atoms in total. The highest BCUT2D eigenvalue weighted by Gasteiger charge is 2.24. The predicted molar refractivity (Wildman–Crippen MR) is 102 cm³/mol. The van der Waals surface area contributed by atoms with Gasteiger partial charge in [-0.25, -0.2) is 8.42 Å². The lowest BCUT2D eigenvalue weighted by atomic mass is 10.1. The first kappa shape index (κ1) is 19.8. The van der Waals surface area contributed by atoms with E-state index in [1.54, 1.807) is 6.92 Å². The molecule has 1 amide bonds.